The van der Waals surface area contributed by atoms with E-state index in [9.17, 15) is 17.5 Å². The Kier molecular flexibility index (Phi) is 32.5. The lowest BCUT2D eigenvalue weighted by Gasteiger charge is -2.16. The van der Waals surface area contributed by atoms with E-state index in [-0.39, 0.29) is 31.5 Å². The van der Waals surface area contributed by atoms with Crippen LogP contribution >= 0.6 is 47.2 Å². The molecule has 12 nitrogen and oxygen atoms in total. The van der Waals surface area contributed by atoms with Crippen molar-refractivity contribution in [3.8, 4) is 0 Å². The van der Waals surface area contributed by atoms with Gasteiger partial charge in [0.15, 0.2) is 0 Å². The molecule has 0 aromatic rings. The summed E-state index contributed by atoms with van der Waals surface area (Å²) in [4.78, 5) is 2.38. The highest BCUT2D eigenvalue weighted by Gasteiger charge is 2.24. The fourth-order valence-electron chi connectivity index (χ4n) is 2.38. The molecule has 236 valence electrons. The Balaban J connectivity index is -0.000000220. The third kappa shape index (κ3) is 39.1. The fraction of sp³-hybridized carbons (Fsp3) is 1.00. The first-order valence-corrected chi connectivity index (χ1v) is 21.2. The van der Waals surface area contributed by atoms with Crippen LogP contribution in [0.2, 0.25) is 0 Å². The number of hydrogen-bond acceptors (Lipinski definition) is 12. The zero-order chi connectivity index (χ0) is 30.9. The topological polar surface area (TPSA) is 169 Å². The number of nitrogens with two attached hydrogens (primary N) is 1. The molecule has 0 rings (SSSR count). The Morgan fingerprint density at radius 1 is 0.658 bits per heavy atom. The standard InChI is InChI=1S/C7H16ClO5PS.C6H16NO3P.C6H15N.Cl2O2S/c1-3-12-14(9,13-4-2)6-5-7-15(8,10)11;1-3-9-11(8,6-5-7)10-4-2;1-4-7(5-2)6-3;1-5(2,3)4/h3-7H2,1-2H3;3-7H2,1-2H3;4-6H2,1-3H3;. The van der Waals surface area contributed by atoms with Gasteiger partial charge in [-0.1, -0.05) is 20.8 Å². The molecule has 0 saturated carbocycles. The van der Waals surface area contributed by atoms with Gasteiger partial charge in [0.05, 0.1) is 44.5 Å². The van der Waals surface area contributed by atoms with Gasteiger partial charge in [0, 0.05) is 38.6 Å². The summed E-state index contributed by atoms with van der Waals surface area (Å²) in [5, 5.41) is 0. The van der Waals surface area contributed by atoms with Crippen LogP contribution in [-0.4, -0.2) is 92.4 Å². The summed E-state index contributed by atoms with van der Waals surface area (Å²) >= 11 is 0. The van der Waals surface area contributed by atoms with Crippen molar-refractivity contribution in [1.82, 2.24) is 4.90 Å². The van der Waals surface area contributed by atoms with E-state index < -0.39 is 32.5 Å². The Bertz CT molecular complexity index is 802. The van der Waals surface area contributed by atoms with E-state index in [0.29, 0.717) is 25.9 Å². The van der Waals surface area contributed by atoms with Crippen LogP contribution in [0.4, 0.5) is 0 Å². The van der Waals surface area contributed by atoms with Crippen molar-refractivity contribution >= 4 is 64.6 Å². The molecule has 0 aliphatic carbocycles. The number of hydrogen-bond donors (Lipinski definition) is 1. The minimum atomic E-state index is -3.72. The highest BCUT2D eigenvalue weighted by molar-refractivity contribution is 8.31. The van der Waals surface area contributed by atoms with Crippen LogP contribution in [0.5, 0.6) is 0 Å². The van der Waals surface area contributed by atoms with Crippen LogP contribution in [0.3, 0.4) is 0 Å². The van der Waals surface area contributed by atoms with Crippen molar-refractivity contribution in [3.05, 3.63) is 0 Å². The molecule has 0 aliphatic heterocycles. The Labute approximate surface area is 243 Å². The zero-order valence-corrected chi connectivity index (χ0v) is 29.1. The van der Waals surface area contributed by atoms with Gasteiger partial charge in [0.2, 0.25) is 9.05 Å². The van der Waals surface area contributed by atoms with Gasteiger partial charge in [-0.05, 0) is 53.8 Å². The van der Waals surface area contributed by atoms with Crippen LogP contribution < -0.4 is 5.73 Å². The second-order valence-corrected chi connectivity index (χ2v) is 17.7. The molecular weight excluding hydrogens is 649 g/mol. The molecule has 0 saturated heterocycles. The largest absolute Gasteiger partial charge is 0.331 e. The van der Waals surface area contributed by atoms with Crippen molar-refractivity contribution in [2.45, 2.75) is 54.9 Å². The van der Waals surface area contributed by atoms with E-state index in [4.69, 9.17) is 42.9 Å². The molecule has 0 aromatic carbocycles. The quantitative estimate of drug-likeness (QED) is 0.150. The summed E-state index contributed by atoms with van der Waals surface area (Å²) in [6.07, 6.45) is 0.540. The van der Waals surface area contributed by atoms with Gasteiger partial charge >= 0.3 is 23.5 Å². The molecule has 0 aliphatic rings. The molecule has 2 N–H and O–H groups in total. The maximum Gasteiger partial charge on any atom is 0.331 e. The summed E-state index contributed by atoms with van der Waals surface area (Å²) in [5.74, 6) is -0.224. The molecule has 0 unspecified atom stereocenters. The van der Waals surface area contributed by atoms with Gasteiger partial charge in [-0.3, -0.25) is 9.13 Å². The van der Waals surface area contributed by atoms with Gasteiger partial charge in [0.1, 0.15) is 0 Å². The van der Waals surface area contributed by atoms with E-state index in [1.807, 2.05) is 0 Å². The lowest BCUT2D eigenvalue weighted by Crippen LogP contribution is -2.21. The van der Waals surface area contributed by atoms with Gasteiger partial charge in [-0.15, -0.1) is 0 Å². The van der Waals surface area contributed by atoms with Crippen molar-refractivity contribution in [2.75, 3.05) is 70.7 Å². The van der Waals surface area contributed by atoms with Crippen molar-refractivity contribution < 1.29 is 44.1 Å². The summed E-state index contributed by atoms with van der Waals surface area (Å²) in [6, 6.07) is 0. The minimum absolute atomic E-state index is 0.0701. The van der Waals surface area contributed by atoms with Crippen LogP contribution in [0.15, 0.2) is 0 Å². The van der Waals surface area contributed by atoms with Crippen LogP contribution in [0, 0.1) is 0 Å². The molecule has 0 spiro atoms. The number of rotatable bonds is 17. The number of nitrogens with zero attached hydrogens (tertiary/aromatic N) is 1. The predicted octanol–water partition coefficient (Wildman–Crippen LogP) is 5.48. The van der Waals surface area contributed by atoms with Crippen LogP contribution in [0.25, 0.3) is 0 Å². The lowest BCUT2D eigenvalue weighted by atomic mass is 10.5. The first-order chi connectivity index (χ1) is 17.4. The summed E-state index contributed by atoms with van der Waals surface area (Å²) in [6.45, 7) is 18.7. The van der Waals surface area contributed by atoms with Crippen molar-refractivity contribution in [1.29, 1.82) is 0 Å². The van der Waals surface area contributed by atoms with Gasteiger partial charge in [-0.25, -0.2) is 8.42 Å². The second-order valence-electron chi connectivity index (χ2n) is 6.72. The van der Waals surface area contributed by atoms with E-state index in [1.165, 1.54) is 19.6 Å². The van der Waals surface area contributed by atoms with Crippen molar-refractivity contribution in [3.63, 3.8) is 0 Å². The summed E-state index contributed by atoms with van der Waals surface area (Å²) < 4.78 is 82.8. The average molecular weight is 696 g/mol. The summed E-state index contributed by atoms with van der Waals surface area (Å²) in [7, 11) is 0.321. The first-order valence-electron chi connectivity index (χ1n) is 12.1. The van der Waals surface area contributed by atoms with E-state index in [1.54, 1.807) is 27.7 Å². The highest BCUT2D eigenvalue weighted by atomic mass is 36.0. The zero-order valence-electron chi connectivity index (χ0n) is 23.4. The maximum absolute atomic E-state index is 11.8. The molecule has 0 heterocycles. The molecule has 19 heteroatoms. The molecule has 0 radical (unpaired) electrons. The average Bonchev–Trinajstić information content (AvgIpc) is 2.74. The molecule has 38 heavy (non-hydrogen) atoms. The minimum Gasteiger partial charge on any atom is -0.330 e. The maximum atomic E-state index is 11.8. The molecule has 0 fully saturated rings. The molecule has 0 bridgehead atoms. The lowest BCUT2D eigenvalue weighted by molar-refractivity contribution is 0.219. The first kappa shape index (κ1) is 46.0. The smallest absolute Gasteiger partial charge is 0.330 e. The number of halogens is 3. The van der Waals surface area contributed by atoms with Crippen LogP contribution in [0.1, 0.15) is 54.9 Å². The van der Waals surface area contributed by atoms with Gasteiger partial charge in [-0.2, -0.15) is 8.42 Å². The Morgan fingerprint density at radius 3 is 1.13 bits per heavy atom. The highest BCUT2D eigenvalue weighted by Crippen LogP contribution is 2.48. The SMILES string of the molecule is CCN(CC)CC.CCOP(=O)(CCCS(=O)(=O)Cl)OCC.CCOP(=O)(CCN)OCC.O=S(=O)(Cl)Cl. The molecule has 0 aromatic heterocycles. The molecule has 0 amide bonds. The Morgan fingerprint density at radius 2 is 0.947 bits per heavy atom. The molecular formula is C19H47Cl3N2O10P2S2. The van der Waals surface area contributed by atoms with Gasteiger partial charge in [0.25, 0.3) is 0 Å². The molecule has 0 atom stereocenters. The normalized spacial score (nSPS) is 12.0. The third-order valence-corrected chi connectivity index (χ3v) is 9.38. The summed E-state index contributed by atoms with van der Waals surface area (Å²) in [5.41, 5.74) is 5.24. The fourth-order valence-corrected chi connectivity index (χ4v) is 6.51. The van der Waals surface area contributed by atoms with Crippen LogP contribution in [-0.2, 0) is 44.5 Å². The van der Waals surface area contributed by atoms with E-state index in [2.05, 4.69) is 47.0 Å². The third-order valence-electron chi connectivity index (χ3n) is 3.87. The van der Waals surface area contributed by atoms with E-state index >= 15 is 0 Å². The van der Waals surface area contributed by atoms with E-state index in [0.717, 1.165) is 0 Å². The Hall–Kier alpha value is 0.990. The second kappa shape index (κ2) is 26.9. The predicted molar refractivity (Wildman–Crippen MR) is 159 cm³/mol. The monoisotopic (exact) mass is 694 g/mol. The van der Waals surface area contributed by atoms with Crippen molar-refractivity contribution in [2.24, 2.45) is 5.73 Å². The van der Waals surface area contributed by atoms with Gasteiger partial charge < -0.3 is 28.7 Å².